The predicted octanol–water partition coefficient (Wildman–Crippen LogP) is 4.03. The second kappa shape index (κ2) is 8.85. The Bertz CT molecular complexity index is 1150. The van der Waals surface area contributed by atoms with Crippen molar-refractivity contribution < 1.29 is 14.6 Å². The first-order chi connectivity index (χ1) is 15.4. The van der Waals surface area contributed by atoms with Gasteiger partial charge in [0.05, 0.1) is 30.5 Å². The molecule has 1 fully saturated rings. The maximum atomic E-state index is 13.0. The van der Waals surface area contributed by atoms with Gasteiger partial charge in [-0.15, -0.1) is 0 Å². The number of amides is 1. The van der Waals surface area contributed by atoms with Gasteiger partial charge in [0.1, 0.15) is 11.5 Å². The van der Waals surface area contributed by atoms with Gasteiger partial charge in [-0.25, -0.2) is 0 Å². The summed E-state index contributed by atoms with van der Waals surface area (Å²) in [5.41, 5.74) is 2.49. The molecule has 1 aliphatic rings. The minimum atomic E-state index is -0.352. The number of carbonyl (C=O) groups excluding carboxylic acids is 1. The van der Waals surface area contributed by atoms with E-state index in [9.17, 15) is 9.90 Å². The number of hydrogen-bond donors (Lipinski definition) is 2. The average Bonchev–Trinajstić information content (AvgIpc) is 3.20. The SMILES string of the molecule is Cc1cc(C#N)ccc1Oc1ccc(C(=O)NC(c2cnn(C)c2)C2(CO)CCC2)cc1. The maximum absolute atomic E-state index is 13.0. The minimum Gasteiger partial charge on any atom is -0.457 e. The number of ether oxygens (including phenoxy) is 1. The molecule has 0 aliphatic heterocycles. The third kappa shape index (κ3) is 4.23. The highest BCUT2D eigenvalue weighted by molar-refractivity contribution is 5.94. The van der Waals surface area contributed by atoms with Gasteiger partial charge in [-0.05, 0) is 67.8 Å². The Morgan fingerprint density at radius 3 is 2.59 bits per heavy atom. The van der Waals surface area contributed by atoms with Crippen molar-refractivity contribution in [1.82, 2.24) is 15.1 Å². The van der Waals surface area contributed by atoms with E-state index in [0.717, 1.165) is 30.4 Å². The highest BCUT2D eigenvalue weighted by atomic mass is 16.5. The van der Waals surface area contributed by atoms with E-state index in [1.54, 1.807) is 53.3 Å². The molecule has 2 N–H and O–H groups in total. The molecule has 1 aromatic heterocycles. The van der Waals surface area contributed by atoms with Gasteiger partial charge in [-0.2, -0.15) is 10.4 Å². The fourth-order valence-corrected chi connectivity index (χ4v) is 4.20. The van der Waals surface area contributed by atoms with Crippen molar-refractivity contribution in [2.24, 2.45) is 12.5 Å². The highest BCUT2D eigenvalue weighted by Crippen LogP contribution is 2.50. The zero-order valence-corrected chi connectivity index (χ0v) is 18.2. The van der Waals surface area contributed by atoms with Crippen LogP contribution in [-0.4, -0.2) is 27.4 Å². The van der Waals surface area contributed by atoms with Gasteiger partial charge < -0.3 is 15.2 Å². The van der Waals surface area contributed by atoms with Gasteiger partial charge in [0, 0.05) is 29.8 Å². The van der Waals surface area contributed by atoms with E-state index in [2.05, 4.69) is 16.5 Å². The van der Waals surface area contributed by atoms with Crippen LogP contribution in [-0.2, 0) is 7.05 Å². The van der Waals surface area contributed by atoms with Crippen LogP contribution in [0.1, 0.15) is 52.4 Å². The summed E-state index contributed by atoms with van der Waals surface area (Å²) in [6, 6.07) is 14.0. The van der Waals surface area contributed by atoms with E-state index in [0.29, 0.717) is 22.6 Å². The number of carbonyl (C=O) groups is 1. The molecule has 4 rings (SSSR count). The van der Waals surface area contributed by atoms with Gasteiger partial charge in [-0.1, -0.05) is 6.42 Å². The Labute approximate surface area is 187 Å². The van der Waals surface area contributed by atoms with E-state index >= 15 is 0 Å². The first-order valence-corrected chi connectivity index (χ1v) is 10.6. The Hall–Kier alpha value is -3.63. The lowest BCUT2D eigenvalue weighted by molar-refractivity contribution is 0.00598. The van der Waals surface area contributed by atoms with Crippen molar-refractivity contribution in [2.45, 2.75) is 32.2 Å². The van der Waals surface area contributed by atoms with Gasteiger partial charge in [-0.3, -0.25) is 9.48 Å². The number of nitriles is 1. The lowest BCUT2D eigenvalue weighted by Crippen LogP contribution is -2.47. The van der Waals surface area contributed by atoms with Crippen molar-refractivity contribution in [3.05, 3.63) is 77.1 Å². The quantitative estimate of drug-likeness (QED) is 0.590. The van der Waals surface area contributed by atoms with E-state index in [1.807, 2.05) is 20.2 Å². The second-order valence-corrected chi connectivity index (χ2v) is 8.45. The highest BCUT2D eigenvalue weighted by Gasteiger charge is 2.45. The minimum absolute atomic E-state index is 0.0174. The number of aryl methyl sites for hydroxylation is 2. The number of hydrogen-bond acceptors (Lipinski definition) is 5. The summed E-state index contributed by atoms with van der Waals surface area (Å²) in [5.74, 6) is 1.05. The van der Waals surface area contributed by atoms with Crippen LogP contribution in [0.2, 0.25) is 0 Å². The van der Waals surface area contributed by atoms with Crippen LogP contribution in [0.25, 0.3) is 0 Å². The van der Waals surface area contributed by atoms with Crippen LogP contribution >= 0.6 is 0 Å². The Kier molecular flexibility index (Phi) is 5.97. The van der Waals surface area contributed by atoms with Crippen molar-refractivity contribution in [1.29, 1.82) is 5.26 Å². The van der Waals surface area contributed by atoms with E-state index in [1.165, 1.54) is 0 Å². The van der Waals surface area contributed by atoms with Crippen LogP contribution < -0.4 is 10.1 Å². The Balaban J connectivity index is 1.49. The number of nitrogens with zero attached hydrogens (tertiary/aromatic N) is 3. The van der Waals surface area contributed by atoms with Crippen LogP contribution in [0.3, 0.4) is 0 Å². The molecule has 164 valence electrons. The predicted molar refractivity (Wildman–Crippen MR) is 119 cm³/mol. The monoisotopic (exact) mass is 430 g/mol. The molecule has 0 bridgehead atoms. The number of nitrogens with one attached hydrogen (secondary N) is 1. The van der Waals surface area contributed by atoms with Gasteiger partial charge in [0.2, 0.25) is 0 Å². The second-order valence-electron chi connectivity index (χ2n) is 8.45. The molecule has 1 unspecified atom stereocenters. The fraction of sp³-hybridized carbons (Fsp3) is 0.320. The average molecular weight is 431 g/mol. The molecule has 1 saturated carbocycles. The fourth-order valence-electron chi connectivity index (χ4n) is 4.20. The number of aliphatic hydroxyl groups is 1. The Morgan fingerprint density at radius 2 is 2.06 bits per heavy atom. The summed E-state index contributed by atoms with van der Waals surface area (Å²) in [6.07, 6.45) is 6.39. The Morgan fingerprint density at radius 1 is 1.31 bits per heavy atom. The molecule has 0 radical (unpaired) electrons. The van der Waals surface area contributed by atoms with Crippen LogP contribution in [0.4, 0.5) is 0 Å². The molecule has 3 aromatic rings. The number of aromatic nitrogens is 2. The van der Waals surface area contributed by atoms with Gasteiger partial charge in [0.15, 0.2) is 0 Å². The van der Waals surface area contributed by atoms with Gasteiger partial charge in [0.25, 0.3) is 5.91 Å². The lowest BCUT2D eigenvalue weighted by atomic mass is 9.63. The van der Waals surface area contributed by atoms with Crippen molar-refractivity contribution in [3.8, 4) is 17.6 Å². The molecular weight excluding hydrogens is 404 g/mol. The lowest BCUT2D eigenvalue weighted by Gasteiger charge is -2.46. The number of aliphatic hydroxyl groups excluding tert-OH is 1. The normalized spacial score (nSPS) is 15.3. The van der Waals surface area contributed by atoms with Crippen molar-refractivity contribution in [2.75, 3.05) is 6.61 Å². The summed E-state index contributed by atoms with van der Waals surface area (Å²) in [7, 11) is 1.84. The number of benzene rings is 2. The molecule has 7 heteroatoms. The standard InChI is InChI=1S/C25H26N4O3/c1-17-12-18(13-26)4-9-22(17)32-21-7-5-19(6-8-21)24(31)28-23(20-14-27-29(2)15-20)25(16-30)10-3-11-25/h4-9,12,14-15,23,30H,3,10-11,16H2,1-2H3,(H,28,31). The molecule has 1 aliphatic carbocycles. The molecule has 7 nitrogen and oxygen atoms in total. The summed E-state index contributed by atoms with van der Waals surface area (Å²) in [5, 5.41) is 26.4. The first-order valence-electron chi connectivity index (χ1n) is 10.6. The molecule has 1 atom stereocenters. The van der Waals surface area contributed by atoms with Crippen molar-refractivity contribution in [3.63, 3.8) is 0 Å². The largest absolute Gasteiger partial charge is 0.457 e. The van der Waals surface area contributed by atoms with Crippen LogP contribution in [0, 0.1) is 23.7 Å². The summed E-state index contributed by atoms with van der Waals surface area (Å²) < 4.78 is 7.61. The molecule has 1 amide bonds. The molecule has 32 heavy (non-hydrogen) atoms. The first kappa shape index (κ1) is 21.6. The zero-order chi connectivity index (χ0) is 22.7. The molecule has 0 spiro atoms. The molecule has 0 saturated heterocycles. The third-order valence-corrected chi connectivity index (χ3v) is 6.26. The van der Waals surface area contributed by atoms with Crippen molar-refractivity contribution >= 4 is 5.91 Å². The van der Waals surface area contributed by atoms with Crippen LogP contribution in [0.5, 0.6) is 11.5 Å². The molecule has 1 heterocycles. The van der Waals surface area contributed by atoms with Crippen LogP contribution in [0.15, 0.2) is 54.9 Å². The summed E-state index contributed by atoms with van der Waals surface area (Å²) in [4.78, 5) is 13.0. The number of rotatable bonds is 7. The summed E-state index contributed by atoms with van der Waals surface area (Å²) >= 11 is 0. The van der Waals surface area contributed by atoms with Gasteiger partial charge >= 0.3 is 0 Å². The molecule has 2 aromatic carbocycles. The van der Waals surface area contributed by atoms with E-state index in [-0.39, 0.29) is 24.0 Å². The molecular formula is C25H26N4O3. The van der Waals surface area contributed by atoms with E-state index < -0.39 is 0 Å². The van der Waals surface area contributed by atoms with E-state index in [4.69, 9.17) is 10.00 Å². The third-order valence-electron chi connectivity index (χ3n) is 6.26. The smallest absolute Gasteiger partial charge is 0.251 e. The summed E-state index contributed by atoms with van der Waals surface area (Å²) in [6.45, 7) is 1.90. The topological polar surface area (TPSA) is 100 Å². The zero-order valence-electron chi connectivity index (χ0n) is 18.2. The maximum Gasteiger partial charge on any atom is 0.251 e.